The Kier molecular flexibility index (Phi) is 4.86. The predicted octanol–water partition coefficient (Wildman–Crippen LogP) is 2.35. The molecule has 1 N–H and O–H groups in total. The maximum absolute atomic E-state index is 13.2. The van der Waals surface area contributed by atoms with Gasteiger partial charge >= 0.3 is 0 Å². The van der Waals surface area contributed by atoms with Crippen LogP contribution in [0.25, 0.3) is 0 Å². The van der Waals surface area contributed by atoms with Crippen molar-refractivity contribution in [3.63, 3.8) is 0 Å². The SMILES string of the molecule is O=C(CC1CN(c2ncc(F)cn2)Cc2cccn2C1)NCc1ccco1. The minimum Gasteiger partial charge on any atom is -0.467 e. The number of fused-ring (bicyclic) bond motifs is 1. The lowest BCUT2D eigenvalue weighted by Gasteiger charge is -2.23. The van der Waals surface area contributed by atoms with Gasteiger partial charge in [0.25, 0.3) is 0 Å². The molecule has 140 valence electrons. The maximum Gasteiger partial charge on any atom is 0.225 e. The minimum absolute atomic E-state index is 0.0352. The molecule has 3 aromatic rings. The van der Waals surface area contributed by atoms with Gasteiger partial charge in [-0.1, -0.05) is 0 Å². The van der Waals surface area contributed by atoms with Gasteiger partial charge in [0, 0.05) is 37.3 Å². The van der Waals surface area contributed by atoms with Gasteiger partial charge in [-0.2, -0.15) is 0 Å². The smallest absolute Gasteiger partial charge is 0.225 e. The largest absolute Gasteiger partial charge is 0.467 e. The lowest BCUT2D eigenvalue weighted by molar-refractivity contribution is -0.122. The molecule has 0 aromatic carbocycles. The molecule has 1 aliphatic rings. The predicted molar refractivity (Wildman–Crippen MR) is 96.1 cm³/mol. The van der Waals surface area contributed by atoms with Gasteiger partial charge in [0.2, 0.25) is 11.9 Å². The number of furan rings is 1. The Hall–Kier alpha value is -3.16. The van der Waals surface area contributed by atoms with Crippen LogP contribution in [-0.2, 0) is 24.4 Å². The number of rotatable bonds is 5. The third kappa shape index (κ3) is 4.16. The minimum atomic E-state index is -0.467. The second-order valence-electron chi connectivity index (χ2n) is 6.66. The van der Waals surface area contributed by atoms with E-state index in [9.17, 15) is 9.18 Å². The highest BCUT2D eigenvalue weighted by atomic mass is 19.1. The van der Waals surface area contributed by atoms with E-state index in [2.05, 4.69) is 19.9 Å². The molecular formula is C19H20FN5O2. The van der Waals surface area contributed by atoms with E-state index in [-0.39, 0.29) is 11.8 Å². The zero-order chi connectivity index (χ0) is 18.6. The zero-order valence-electron chi connectivity index (χ0n) is 14.7. The fourth-order valence-electron chi connectivity index (χ4n) is 3.36. The molecule has 1 unspecified atom stereocenters. The van der Waals surface area contributed by atoms with Gasteiger partial charge in [-0.05, 0) is 24.3 Å². The van der Waals surface area contributed by atoms with Crippen LogP contribution in [0.4, 0.5) is 10.3 Å². The summed E-state index contributed by atoms with van der Waals surface area (Å²) < 4.78 is 20.6. The highest BCUT2D eigenvalue weighted by molar-refractivity contribution is 5.76. The summed E-state index contributed by atoms with van der Waals surface area (Å²) in [5, 5.41) is 2.89. The molecule has 0 saturated carbocycles. The van der Waals surface area contributed by atoms with Gasteiger partial charge in [-0.3, -0.25) is 4.79 Å². The summed E-state index contributed by atoms with van der Waals surface area (Å²) in [6.45, 7) is 2.33. The van der Waals surface area contributed by atoms with Crippen molar-refractivity contribution in [1.29, 1.82) is 0 Å². The Morgan fingerprint density at radius 1 is 1.26 bits per heavy atom. The normalized spacial score (nSPS) is 16.6. The second kappa shape index (κ2) is 7.61. The molecule has 0 radical (unpaired) electrons. The molecule has 7 nitrogen and oxygen atoms in total. The van der Waals surface area contributed by atoms with Crippen molar-refractivity contribution < 1.29 is 13.6 Å². The van der Waals surface area contributed by atoms with E-state index in [4.69, 9.17) is 4.42 Å². The Balaban J connectivity index is 1.46. The Morgan fingerprint density at radius 3 is 2.89 bits per heavy atom. The number of halogens is 1. The van der Waals surface area contributed by atoms with E-state index in [0.717, 1.165) is 30.4 Å². The van der Waals surface area contributed by atoms with Gasteiger partial charge in [-0.15, -0.1) is 0 Å². The first kappa shape index (κ1) is 17.3. The molecule has 0 bridgehead atoms. The molecule has 1 atom stereocenters. The second-order valence-corrected chi connectivity index (χ2v) is 6.66. The van der Waals surface area contributed by atoms with Gasteiger partial charge in [0.1, 0.15) is 5.76 Å². The van der Waals surface area contributed by atoms with Crippen LogP contribution in [0.5, 0.6) is 0 Å². The standard InChI is InChI=1S/C19H20FN5O2/c20-15-8-22-19(23-9-15)25-12-14(11-24-5-1-3-16(24)13-25)7-18(26)21-10-17-4-2-6-27-17/h1-6,8-9,14H,7,10-13H2,(H,21,26). The Bertz CT molecular complexity index is 891. The van der Waals surface area contributed by atoms with Crippen molar-refractivity contribution in [2.75, 3.05) is 11.4 Å². The van der Waals surface area contributed by atoms with Crippen LogP contribution in [0.15, 0.2) is 53.5 Å². The molecule has 27 heavy (non-hydrogen) atoms. The summed E-state index contributed by atoms with van der Waals surface area (Å²) >= 11 is 0. The van der Waals surface area contributed by atoms with Gasteiger partial charge in [0.05, 0.1) is 31.7 Å². The summed E-state index contributed by atoms with van der Waals surface area (Å²) in [5.74, 6) is 0.756. The summed E-state index contributed by atoms with van der Waals surface area (Å²) in [5.41, 5.74) is 1.11. The van der Waals surface area contributed by atoms with Crippen LogP contribution in [-0.4, -0.2) is 27.0 Å². The number of carbonyl (C=O) groups excluding carboxylic acids is 1. The third-order valence-electron chi connectivity index (χ3n) is 4.61. The van der Waals surface area contributed by atoms with E-state index in [1.165, 1.54) is 0 Å². The molecule has 0 fully saturated rings. The molecule has 4 heterocycles. The average molecular weight is 369 g/mol. The summed E-state index contributed by atoms with van der Waals surface area (Å²) in [6, 6.07) is 7.64. The first-order valence-corrected chi connectivity index (χ1v) is 8.83. The molecule has 8 heteroatoms. The zero-order valence-corrected chi connectivity index (χ0v) is 14.7. The topological polar surface area (TPSA) is 76.2 Å². The molecule has 1 aliphatic heterocycles. The fourth-order valence-corrected chi connectivity index (χ4v) is 3.36. The number of carbonyl (C=O) groups is 1. The van der Waals surface area contributed by atoms with E-state index >= 15 is 0 Å². The number of nitrogens with one attached hydrogen (secondary N) is 1. The van der Waals surface area contributed by atoms with E-state index in [1.54, 1.807) is 12.3 Å². The molecule has 0 aliphatic carbocycles. The monoisotopic (exact) mass is 369 g/mol. The van der Waals surface area contributed by atoms with E-state index < -0.39 is 5.82 Å². The lowest BCUT2D eigenvalue weighted by atomic mass is 10.0. The molecule has 1 amide bonds. The molecule has 3 aromatic heterocycles. The molecule has 0 saturated heterocycles. The fraction of sp³-hybridized carbons (Fsp3) is 0.316. The van der Waals surface area contributed by atoms with Crippen molar-refractivity contribution in [3.05, 3.63) is 66.4 Å². The van der Waals surface area contributed by atoms with Crippen LogP contribution in [0.1, 0.15) is 17.9 Å². The Labute approximate surface area is 155 Å². The number of hydrogen-bond acceptors (Lipinski definition) is 5. The first-order chi connectivity index (χ1) is 13.2. The van der Waals surface area contributed by atoms with Crippen molar-refractivity contribution in [2.45, 2.75) is 26.1 Å². The van der Waals surface area contributed by atoms with Crippen LogP contribution in [0.3, 0.4) is 0 Å². The van der Waals surface area contributed by atoms with Crippen molar-refractivity contribution >= 4 is 11.9 Å². The van der Waals surface area contributed by atoms with Gasteiger partial charge < -0.3 is 19.2 Å². The number of hydrogen-bond donors (Lipinski definition) is 1. The quantitative estimate of drug-likeness (QED) is 0.747. The number of anilines is 1. The van der Waals surface area contributed by atoms with Crippen LogP contribution in [0.2, 0.25) is 0 Å². The van der Waals surface area contributed by atoms with Crippen molar-refractivity contribution in [3.8, 4) is 0 Å². The third-order valence-corrected chi connectivity index (χ3v) is 4.61. The van der Waals surface area contributed by atoms with Gasteiger partial charge in [0.15, 0.2) is 5.82 Å². The van der Waals surface area contributed by atoms with Crippen molar-refractivity contribution in [1.82, 2.24) is 19.9 Å². The van der Waals surface area contributed by atoms with Gasteiger partial charge in [-0.25, -0.2) is 14.4 Å². The Morgan fingerprint density at radius 2 is 2.11 bits per heavy atom. The molecule has 0 spiro atoms. The number of aromatic nitrogens is 3. The summed E-state index contributed by atoms with van der Waals surface area (Å²) in [4.78, 5) is 22.6. The van der Waals surface area contributed by atoms with E-state index in [0.29, 0.717) is 32.0 Å². The van der Waals surface area contributed by atoms with E-state index in [1.807, 2.05) is 29.3 Å². The molecular weight excluding hydrogens is 349 g/mol. The number of nitrogens with zero attached hydrogens (tertiary/aromatic N) is 4. The highest BCUT2D eigenvalue weighted by Crippen LogP contribution is 2.22. The van der Waals surface area contributed by atoms with Crippen molar-refractivity contribution in [2.24, 2.45) is 5.92 Å². The first-order valence-electron chi connectivity index (χ1n) is 8.83. The van der Waals surface area contributed by atoms with Crippen LogP contribution < -0.4 is 10.2 Å². The van der Waals surface area contributed by atoms with Crippen LogP contribution in [0, 0.1) is 11.7 Å². The highest BCUT2D eigenvalue weighted by Gasteiger charge is 2.25. The lowest BCUT2D eigenvalue weighted by Crippen LogP contribution is -2.33. The average Bonchev–Trinajstić information content (AvgIpc) is 3.30. The number of amides is 1. The maximum atomic E-state index is 13.2. The summed E-state index contributed by atoms with van der Waals surface area (Å²) in [6.07, 6.45) is 6.30. The summed E-state index contributed by atoms with van der Waals surface area (Å²) in [7, 11) is 0. The molecule has 4 rings (SSSR count). The van der Waals surface area contributed by atoms with Crippen LogP contribution >= 0.6 is 0 Å².